The number of amides is 2. The van der Waals surface area contributed by atoms with Crippen molar-refractivity contribution in [2.75, 3.05) is 31.8 Å². The number of nitrogens with one attached hydrogen (secondary N) is 1. The number of rotatable bonds is 6. The van der Waals surface area contributed by atoms with Crippen molar-refractivity contribution in [2.45, 2.75) is 20.8 Å². The van der Waals surface area contributed by atoms with E-state index in [-0.39, 0.29) is 24.0 Å². The predicted octanol–water partition coefficient (Wildman–Crippen LogP) is 2.67. The van der Waals surface area contributed by atoms with Crippen LogP contribution in [0.25, 0.3) is 0 Å². The second-order valence-corrected chi connectivity index (χ2v) is 7.98. The van der Waals surface area contributed by atoms with Crippen LogP contribution in [0.1, 0.15) is 20.8 Å². The predicted molar refractivity (Wildman–Crippen MR) is 105 cm³/mol. The quantitative estimate of drug-likeness (QED) is 0.749. The molecule has 27 heavy (non-hydrogen) atoms. The van der Waals surface area contributed by atoms with Crippen molar-refractivity contribution in [3.63, 3.8) is 0 Å². The number of methoxy groups -OCH3 is 2. The Morgan fingerprint density at radius 3 is 2.56 bits per heavy atom. The molecule has 7 nitrogen and oxygen atoms in total. The molecule has 0 unspecified atom stereocenters. The minimum absolute atomic E-state index is 0.0976. The number of carbonyl (C=O) groups is 3. The number of hydrogen-bond acceptors (Lipinski definition) is 6. The van der Waals surface area contributed by atoms with Crippen LogP contribution in [0.4, 0.5) is 5.69 Å². The van der Waals surface area contributed by atoms with Crippen LogP contribution in [0.5, 0.6) is 11.5 Å². The van der Waals surface area contributed by atoms with Crippen LogP contribution < -0.4 is 14.8 Å². The second kappa shape index (κ2) is 8.47. The zero-order valence-electron chi connectivity index (χ0n) is 16.1. The highest BCUT2D eigenvalue weighted by atomic mass is 32.2. The van der Waals surface area contributed by atoms with E-state index < -0.39 is 11.3 Å². The summed E-state index contributed by atoms with van der Waals surface area (Å²) in [6.07, 6.45) is 1.44. The summed E-state index contributed by atoms with van der Waals surface area (Å²) >= 11 is 1.26. The van der Waals surface area contributed by atoms with Gasteiger partial charge in [-0.1, -0.05) is 32.5 Å². The van der Waals surface area contributed by atoms with E-state index in [4.69, 9.17) is 9.47 Å². The molecule has 0 aliphatic carbocycles. The van der Waals surface area contributed by atoms with Crippen LogP contribution in [0.2, 0.25) is 0 Å². The van der Waals surface area contributed by atoms with Crippen LogP contribution in [-0.4, -0.2) is 49.0 Å². The Morgan fingerprint density at radius 1 is 1.26 bits per heavy atom. The molecule has 8 heteroatoms. The third-order valence-electron chi connectivity index (χ3n) is 3.89. The summed E-state index contributed by atoms with van der Waals surface area (Å²) in [5.74, 6) is 0.547. The van der Waals surface area contributed by atoms with E-state index in [2.05, 4.69) is 5.32 Å². The molecule has 1 heterocycles. The molecule has 0 spiro atoms. The van der Waals surface area contributed by atoms with E-state index in [9.17, 15) is 14.4 Å². The summed E-state index contributed by atoms with van der Waals surface area (Å²) in [4.78, 5) is 38.2. The first-order valence-corrected chi connectivity index (χ1v) is 9.35. The average Bonchev–Trinajstić information content (AvgIpc) is 2.94. The van der Waals surface area contributed by atoms with Gasteiger partial charge in [-0.15, -0.1) is 0 Å². The molecule has 2 amide bonds. The maximum Gasteiger partial charge on any atom is 0.244 e. The summed E-state index contributed by atoms with van der Waals surface area (Å²) < 4.78 is 10.4. The zero-order chi connectivity index (χ0) is 20.2. The first-order chi connectivity index (χ1) is 12.7. The second-order valence-electron chi connectivity index (χ2n) is 6.98. The third-order valence-corrected chi connectivity index (χ3v) is 4.91. The number of hydrogen-bond donors (Lipinski definition) is 1. The lowest BCUT2D eigenvalue weighted by molar-refractivity contribution is -0.129. The van der Waals surface area contributed by atoms with Gasteiger partial charge >= 0.3 is 0 Å². The highest BCUT2D eigenvalue weighted by Gasteiger charge is 2.31. The molecule has 1 aliphatic rings. The number of allylic oxidation sites excluding steroid dienone is 1. The molecule has 2 rings (SSSR count). The van der Waals surface area contributed by atoms with E-state index in [0.717, 1.165) is 0 Å². The van der Waals surface area contributed by atoms with Crippen LogP contribution in [-0.2, 0) is 14.4 Å². The van der Waals surface area contributed by atoms with Crippen LogP contribution >= 0.6 is 11.8 Å². The summed E-state index contributed by atoms with van der Waals surface area (Å²) in [6.45, 7) is 5.23. The molecule has 0 radical (unpaired) electrons. The Labute approximate surface area is 163 Å². The fraction of sp³-hybridized carbons (Fsp3) is 0.421. The maximum absolute atomic E-state index is 12.5. The Morgan fingerprint density at radius 2 is 1.96 bits per heavy atom. The Kier molecular flexibility index (Phi) is 6.54. The summed E-state index contributed by atoms with van der Waals surface area (Å²) in [5.41, 5.74) is -0.112. The van der Waals surface area contributed by atoms with Gasteiger partial charge in [-0.3, -0.25) is 19.3 Å². The van der Waals surface area contributed by atoms with Gasteiger partial charge < -0.3 is 14.8 Å². The fourth-order valence-corrected chi connectivity index (χ4v) is 3.21. The Balaban J connectivity index is 2.15. The Bertz CT molecular complexity index is 783. The average molecular weight is 392 g/mol. The van der Waals surface area contributed by atoms with Crippen LogP contribution in [0, 0.1) is 5.41 Å². The first kappa shape index (κ1) is 20.8. The molecule has 0 bridgehead atoms. The van der Waals surface area contributed by atoms with E-state index >= 15 is 0 Å². The van der Waals surface area contributed by atoms with E-state index in [1.54, 1.807) is 39.0 Å². The minimum atomic E-state index is -0.554. The number of anilines is 1. The molecule has 1 fully saturated rings. The monoisotopic (exact) mass is 392 g/mol. The maximum atomic E-state index is 12.5. The number of carbonyl (C=O) groups excluding carboxylic acids is 3. The highest BCUT2D eigenvalue weighted by Crippen LogP contribution is 2.31. The van der Waals surface area contributed by atoms with Crippen molar-refractivity contribution in [3.05, 3.63) is 29.3 Å². The number of ether oxygens (including phenoxy) is 2. The van der Waals surface area contributed by atoms with Gasteiger partial charge in [0.15, 0.2) is 5.78 Å². The number of ketones is 1. The van der Waals surface area contributed by atoms with Gasteiger partial charge in [-0.25, -0.2) is 0 Å². The molecule has 1 saturated heterocycles. The highest BCUT2D eigenvalue weighted by molar-refractivity contribution is 8.04. The number of benzene rings is 1. The summed E-state index contributed by atoms with van der Waals surface area (Å²) in [5, 5.41) is 3.22. The molecule has 0 saturated carbocycles. The summed E-state index contributed by atoms with van der Waals surface area (Å²) in [7, 11) is 3.02. The van der Waals surface area contributed by atoms with E-state index in [0.29, 0.717) is 22.2 Å². The van der Waals surface area contributed by atoms with E-state index in [1.165, 1.54) is 37.0 Å². The van der Waals surface area contributed by atoms with Crippen molar-refractivity contribution >= 4 is 35.0 Å². The first-order valence-electron chi connectivity index (χ1n) is 8.37. The van der Waals surface area contributed by atoms with Crippen molar-refractivity contribution < 1.29 is 23.9 Å². The zero-order valence-corrected chi connectivity index (χ0v) is 16.9. The molecule has 1 aliphatic heterocycles. The topological polar surface area (TPSA) is 84.9 Å². The van der Waals surface area contributed by atoms with Crippen molar-refractivity contribution in [3.8, 4) is 11.5 Å². The molecule has 0 atom stereocenters. The molecule has 146 valence electrons. The normalized spacial score (nSPS) is 15.8. The number of nitrogens with zero attached hydrogens (tertiary/aromatic N) is 1. The molecular formula is C19H24N2O5S. The van der Waals surface area contributed by atoms with Crippen molar-refractivity contribution in [1.82, 2.24) is 4.90 Å². The SMILES string of the molecule is COc1ccc(OC)c(NC(=O)CN2C(=O)CS/C2=C\C(=O)C(C)(C)C)c1. The largest absolute Gasteiger partial charge is 0.497 e. The van der Waals surface area contributed by atoms with Gasteiger partial charge in [0.2, 0.25) is 11.8 Å². The van der Waals surface area contributed by atoms with Gasteiger partial charge in [-0.05, 0) is 12.1 Å². The lowest BCUT2D eigenvalue weighted by Crippen LogP contribution is -2.34. The third kappa shape index (κ3) is 5.26. The summed E-state index contributed by atoms with van der Waals surface area (Å²) in [6, 6.07) is 5.03. The molecule has 1 aromatic rings. The van der Waals surface area contributed by atoms with Gasteiger partial charge in [0.1, 0.15) is 18.0 Å². The molecular weight excluding hydrogens is 368 g/mol. The van der Waals surface area contributed by atoms with Gasteiger partial charge in [0, 0.05) is 17.6 Å². The smallest absolute Gasteiger partial charge is 0.244 e. The van der Waals surface area contributed by atoms with Gasteiger partial charge in [0.25, 0.3) is 0 Å². The van der Waals surface area contributed by atoms with Crippen LogP contribution in [0.15, 0.2) is 29.3 Å². The Hall–Kier alpha value is -2.48. The van der Waals surface area contributed by atoms with Crippen molar-refractivity contribution in [1.29, 1.82) is 0 Å². The van der Waals surface area contributed by atoms with Gasteiger partial charge in [0.05, 0.1) is 30.7 Å². The van der Waals surface area contributed by atoms with Crippen molar-refractivity contribution in [2.24, 2.45) is 5.41 Å². The van der Waals surface area contributed by atoms with Crippen LogP contribution in [0.3, 0.4) is 0 Å². The molecule has 1 N–H and O–H groups in total. The standard InChI is InChI=1S/C19H24N2O5S/c1-19(2,3)15(22)9-18-21(17(24)11-27-18)10-16(23)20-13-8-12(25-4)6-7-14(13)26-5/h6-9H,10-11H2,1-5H3,(H,20,23)/b18-9-. The van der Waals surface area contributed by atoms with Gasteiger partial charge in [-0.2, -0.15) is 0 Å². The minimum Gasteiger partial charge on any atom is -0.497 e. The molecule has 0 aromatic heterocycles. The lowest BCUT2D eigenvalue weighted by Gasteiger charge is -2.19. The fourth-order valence-electron chi connectivity index (χ4n) is 2.27. The lowest BCUT2D eigenvalue weighted by atomic mass is 9.91. The van der Waals surface area contributed by atoms with E-state index in [1.807, 2.05) is 0 Å². The molecule has 1 aromatic carbocycles. The number of thioether (sulfide) groups is 1.